The maximum atomic E-state index is 12.7. The van der Waals surface area contributed by atoms with Gasteiger partial charge < -0.3 is 5.32 Å². The standard InChI is InChI=1S/C23H16Cl3N5O2S/c1-12-4-5-13(21(32)30-31-22(33)20-15(25)10-14(24)11-16(20)26)9-18(12)29-23-27-7-6-17(28-23)19-3-2-8-34-19/h2-11H,1H3,(H,30,32)(H,31,33)(H,27,28,29). The summed E-state index contributed by atoms with van der Waals surface area (Å²) >= 11 is 19.6. The summed E-state index contributed by atoms with van der Waals surface area (Å²) < 4.78 is 0. The average Bonchev–Trinajstić information content (AvgIpc) is 3.33. The molecule has 0 fully saturated rings. The van der Waals surface area contributed by atoms with Gasteiger partial charge in [-0.1, -0.05) is 46.9 Å². The van der Waals surface area contributed by atoms with E-state index in [2.05, 4.69) is 26.1 Å². The Balaban J connectivity index is 1.47. The first kappa shape index (κ1) is 24.0. The average molecular weight is 533 g/mol. The quantitative estimate of drug-likeness (QED) is 0.262. The summed E-state index contributed by atoms with van der Waals surface area (Å²) in [6, 6.07) is 13.6. The van der Waals surface area contributed by atoms with Crippen molar-refractivity contribution < 1.29 is 9.59 Å². The molecule has 0 unspecified atom stereocenters. The van der Waals surface area contributed by atoms with Gasteiger partial charge in [0.05, 0.1) is 26.2 Å². The summed E-state index contributed by atoms with van der Waals surface area (Å²) in [6.45, 7) is 1.89. The van der Waals surface area contributed by atoms with Gasteiger partial charge in [0, 0.05) is 22.5 Å². The molecule has 4 rings (SSSR count). The lowest BCUT2D eigenvalue weighted by Crippen LogP contribution is -2.41. The highest BCUT2D eigenvalue weighted by molar-refractivity contribution is 7.13. The van der Waals surface area contributed by atoms with E-state index in [4.69, 9.17) is 34.8 Å². The van der Waals surface area contributed by atoms with Crippen molar-refractivity contribution in [1.29, 1.82) is 0 Å². The summed E-state index contributed by atoms with van der Waals surface area (Å²) in [4.78, 5) is 34.9. The molecule has 0 saturated carbocycles. The predicted molar refractivity (Wildman–Crippen MR) is 136 cm³/mol. The zero-order valence-corrected chi connectivity index (χ0v) is 20.6. The first-order valence-corrected chi connectivity index (χ1v) is 11.8. The summed E-state index contributed by atoms with van der Waals surface area (Å²) in [5, 5.41) is 5.55. The van der Waals surface area contributed by atoms with Crippen molar-refractivity contribution in [2.75, 3.05) is 5.32 Å². The number of anilines is 2. The minimum Gasteiger partial charge on any atom is -0.324 e. The number of halogens is 3. The molecule has 0 aliphatic carbocycles. The second-order valence-corrected chi connectivity index (χ2v) is 9.25. The number of aromatic nitrogens is 2. The number of hydrogen-bond donors (Lipinski definition) is 3. The molecule has 7 nitrogen and oxygen atoms in total. The summed E-state index contributed by atoms with van der Waals surface area (Å²) in [7, 11) is 0. The Morgan fingerprint density at radius 2 is 1.68 bits per heavy atom. The van der Waals surface area contributed by atoms with Crippen molar-refractivity contribution in [3.63, 3.8) is 0 Å². The third kappa shape index (κ3) is 5.48. The van der Waals surface area contributed by atoms with E-state index in [1.165, 1.54) is 12.1 Å². The van der Waals surface area contributed by atoms with Crippen molar-refractivity contribution in [1.82, 2.24) is 20.8 Å². The molecule has 0 aliphatic heterocycles. The molecular weight excluding hydrogens is 517 g/mol. The summed E-state index contributed by atoms with van der Waals surface area (Å²) in [5.74, 6) is -0.818. The van der Waals surface area contributed by atoms with Crippen LogP contribution >= 0.6 is 46.1 Å². The molecule has 172 valence electrons. The number of carbonyl (C=O) groups is 2. The van der Waals surface area contributed by atoms with Gasteiger partial charge in [-0.25, -0.2) is 9.97 Å². The fourth-order valence-corrected chi connectivity index (χ4v) is 4.69. The second-order valence-electron chi connectivity index (χ2n) is 7.05. The molecule has 0 bridgehead atoms. The number of hydrazine groups is 1. The van der Waals surface area contributed by atoms with Gasteiger partial charge in [0.2, 0.25) is 5.95 Å². The number of benzene rings is 2. The lowest BCUT2D eigenvalue weighted by Gasteiger charge is -2.13. The predicted octanol–water partition coefficient (Wildman–Crippen LogP) is 6.29. The maximum absolute atomic E-state index is 12.7. The third-order valence-corrected chi connectivity index (χ3v) is 6.41. The first-order chi connectivity index (χ1) is 16.3. The third-order valence-electron chi connectivity index (χ3n) is 4.70. The molecule has 0 radical (unpaired) electrons. The van der Waals surface area contributed by atoms with Crippen LogP contribution in [0.25, 0.3) is 10.6 Å². The van der Waals surface area contributed by atoms with Crippen molar-refractivity contribution in [2.24, 2.45) is 0 Å². The molecule has 2 aromatic heterocycles. The first-order valence-electron chi connectivity index (χ1n) is 9.81. The molecule has 0 spiro atoms. The van der Waals surface area contributed by atoms with Gasteiger partial charge in [0.1, 0.15) is 0 Å². The van der Waals surface area contributed by atoms with Gasteiger partial charge >= 0.3 is 0 Å². The van der Waals surface area contributed by atoms with Gasteiger partial charge in [0.25, 0.3) is 11.8 Å². The molecule has 0 saturated heterocycles. The van der Waals surface area contributed by atoms with Crippen LogP contribution in [-0.2, 0) is 0 Å². The van der Waals surface area contributed by atoms with Crippen LogP contribution in [0.2, 0.25) is 15.1 Å². The lowest BCUT2D eigenvalue weighted by molar-refractivity contribution is 0.0847. The van der Waals surface area contributed by atoms with E-state index < -0.39 is 11.8 Å². The van der Waals surface area contributed by atoms with Crippen LogP contribution in [0.5, 0.6) is 0 Å². The topological polar surface area (TPSA) is 96.0 Å². The van der Waals surface area contributed by atoms with Gasteiger partial charge in [-0.2, -0.15) is 0 Å². The highest BCUT2D eigenvalue weighted by Gasteiger charge is 2.17. The second kappa shape index (κ2) is 10.4. The fourth-order valence-electron chi connectivity index (χ4n) is 3.01. The Labute approximate surface area is 214 Å². The summed E-state index contributed by atoms with van der Waals surface area (Å²) in [6.07, 6.45) is 1.67. The normalized spacial score (nSPS) is 10.6. The van der Waals surface area contributed by atoms with Gasteiger partial charge in [-0.15, -0.1) is 11.3 Å². The van der Waals surface area contributed by atoms with Gasteiger partial charge in [0.15, 0.2) is 0 Å². The number of thiophene rings is 1. The molecule has 34 heavy (non-hydrogen) atoms. The van der Waals surface area contributed by atoms with Crippen molar-refractivity contribution in [2.45, 2.75) is 6.92 Å². The summed E-state index contributed by atoms with van der Waals surface area (Å²) in [5.41, 5.74) is 7.29. The molecule has 3 N–H and O–H groups in total. The number of hydrogen-bond acceptors (Lipinski definition) is 6. The zero-order valence-electron chi connectivity index (χ0n) is 17.5. The van der Waals surface area contributed by atoms with E-state index in [9.17, 15) is 9.59 Å². The molecule has 2 aromatic carbocycles. The van der Waals surface area contributed by atoms with E-state index >= 15 is 0 Å². The highest BCUT2D eigenvalue weighted by Crippen LogP contribution is 2.29. The number of amides is 2. The maximum Gasteiger partial charge on any atom is 0.272 e. The monoisotopic (exact) mass is 531 g/mol. The molecule has 11 heteroatoms. The molecule has 0 atom stereocenters. The molecular formula is C23H16Cl3N5O2S. The number of carbonyl (C=O) groups excluding carboxylic acids is 2. The van der Waals surface area contributed by atoms with Crippen molar-refractivity contribution >= 4 is 69.6 Å². The minimum atomic E-state index is -0.677. The fraction of sp³-hybridized carbons (Fsp3) is 0.0435. The van der Waals surface area contributed by atoms with Crippen molar-refractivity contribution in [3.8, 4) is 10.6 Å². The van der Waals surface area contributed by atoms with Gasteiger partial charge in [-0.05, 0) is 54.3 Å². The largest absolute Gasteiger partial charge is 0.324 e. The van der Waals surface area contributed by atoms with E-state index in [-0.39, 0.29) is 15.6 Å². The molecule has 2 amide bonds. The van der Waals surface area contributed by atoms with Crippen LogP contribution in [0.1, 0.15) is 26.3 Å². The van der Waals surface area contributed by atoms with Crippen LogP contribution in [-0.4, -0.2) is 21.8 Å². The Kier molecular flexibility index (Phi) is 7.33. The number of aryl methyl sites for hydroxylation is 1. The number of rotatable bonds is 5. The number of nitrogens with one attached hydrogen (secondary N) is 3. The highest BCUT2D eigenvalue weighted by atomic mass is 35.5. The Morgan fingerprint density at radius 3 is 2.38 bits per heavy atom. The lowest BCUT2D eigenvalue weighted by atomic mass is 10.1. The van der Waals surface area contributed by atoms with Crippen LogP contribution < -0.4 is 16.2 Å². The SMILES string of the molecule is Cc1ccc(C(=O)NNC(=O)c2c(Cl)cc(Cl)cc2Cl)cc1Nc1nccc(-c2cccs2)n1. The molecule has 0 aliphatic rings. The molecule has 2 heterocycles. The van der Waals surface area contributed by atoms with Crippen molar-refractivity contribution in [3.05, 3.63) is 91.9 Å². The zero-order chi connectivity index (χ0) is 24.2. The van der Waals surface area contributed by atoms with Gasteiger partial charge in [-0.3, -0.25) is 20.4 Å². The smallest absolute Gasteiger partial charge is 0.272 e. The Hall–Kier alpha value is -3.17. The van der Waals surface area contributed by atoms with E-state index in [1.807, 2.05) is 30.5 Å². The van der Waals surface area contributed by atoms with Crippen LogP contribution in [0.4, 0.5) is 11.6 Å². The van der Waals surface area contributed by atoms with Crippen LogP contribution in [0.3, 0.4) is 0 Å². The van der Waals surface area contributed by atoms with Crippen LogP contribution in [0.15, 0.2) is 60.1 Å². The Bertz CT molecular complexity index is 1360. The van der Waals surface area contributed by atoms with Crippen LogP contribution in [0, 0.1) is 6.92 Å². The minimum absolute atomic E-state index is 0.00191. The molecule has 4 aromatic rings. The Morgan fingerprint density at radius 1 is 0.941 bits per heavy atom. The van der Waals surface area contributed by atoms with E-state index in [0.29, 0.717) is 22.2 Å². The van der Waals surface area contributed by atoms with E-state index in [1.54, 1.807) is 35.7 Å². The number of nitrogens with zero attached hydrogens (tertiary/aromatic N) is 2. The van der Waals surface area contributed by atoms with E-state index in [0.717, 1.165) is 16.1 Å².